The maximum atomic E-state index is 12.7. The third kappa shape index (κ3) is 4.40. The molecule has 0 unspecified atom stereocenters. The molecule has 0 aliphatic carbocycles. The Morgan fingerprint density at radius 3 is 2.86 bits per heavy atom. The average Bonchev–Trinajstić information content (AvgIpc) is 3.22. The molecular formula is C22H21N3O4. The smallest absolute Gasteiger partial charge is 0.257 e. The third-order valence-corrected chi connectivity index (χ3v) is 4.37. The molecule has 0 saturated heterocycles. The maximum absolute atomic E-state index is 12.7. The topological polar surface area (TPSA) is 81.7 Å². The van der Waals surface area contributed by atoms with E-state index < -0.39 is 0 Å². The van der Waals surface area contributed by atoms with Crippen LogP contribution in [0.5, 0.6) is 17.2 Å². The molecule has 29 heavy (non-hydrogen) atoms. The van der Waals surface area contributed by atoms with Crippen molar-refractivity contribution in [3.63, 3.8) is 0 Å². The van der Waals surface area contributed by atoms with Crippen LogP contribution in [0.4, 0.5) is 11.4 Å². The van der Waals surface area contributed by atoms with Crippen molar-refractivity contribution in [2.45, 2.75) is 13.5 Å². The summed E-state index contributed by atoms with van der Waals surface area (Å²) in [5.41, 5.74) is 2.85. The zero-order valence-corrected chi connectivity index (χ0v) is 16.0. The lowest BCUT2D eigenvalue weighted by molar-refractivity contribution is 0.102. The minimum absolute atomic E-state index is 0.250. The minimum atomic E-state index is -0.253. The van der Waals surface area contributed by atoms with Crippen LogP contribution < -0.4 is 24.8 Å². The van der Waals surface area contributed by atoms with Crippen LogP contribution in [0.3, 0.4) is 0 Å². The van der Waals surface area contributed by atoms with Gasteiger partial charge in [0.15, 0.2) is 11.5 Å². The zero-order chi connectivity index (χ0) is 20.1. The van der Waals surface area contributed by atoms with Crippen molar-refractivity contribution >= 4 is 17.3 Å². The van der Waals surface area contributed by atoms with Crippen LogP contribution >= 0.6 is 0 Å². The SMILES string of the molecule is CCOc1ccccc1NC(=O)c1cncc(NCc2ccc3c(c2)OCO3)c1. The fourth-order valence-electron chi connectivity index (χ4n) is 2.96. The number of para-hydroxylation sites is 2. The summed E-state index contributed by atoms with van der Waals surface area (Å²) in [5, 5.41) is 6.16. The second kappa shape index (κ2) is 8.52. The number of nitrogens with one attached hydrogen (secondary N) is 2. The number of amides is 1. The Bertz CT molecular complexity index is 1020. The second-order valence-electron chi connectivity index (χ2n) is 6.39. The van der Waals surface area contributed by atoms with Crippen LogP contribution in [-0.4, -0.2) is 24.3 Å². The van der Waals surface area contributed by atoms with Gasteiger partial charge < -0.3 is 24.8 Å². The first-order valence-electron chi connectivity index (χ1n) is 9.33. The van der Waals surface area contributed by atoms with E-state index in [1.165, 1.54) is 6.20 Å². The molecule has 2 aromatic carbocycles. The number of rotatable bonds is 7. The largest absolute Gasteiger partial charge is 0.492 e. The van der Waals surface area contributed by atoms with E-state index >= 15 is 0 Å². The van der Waals surface area contributed by atoms with Gasteiger partial charge in [-0.05, 0) is 42.8 Å². The molecule has 148 valence electrons. The van der Waals surface area contributed by atoms with Crippen molar-refractivity contribution < 1.29 is 19.0 Å². The van der Waals surface area contributed by atoms with E-state index in [0.717, 1.165) is 22.7 Å². The Morgan fingerprint density at radius 1 is 1.10 bits per heavy atom. The average molecular weight is 391 g/mol. The molecule has 0 fully saturated rings. The van der Waals surface area contributed by atoms with Crippen molar-refractivity contribution in [3.05, 3.63) is 72.1 Å². The summed E-state index contributed by atoms with van der Waals surface area (Å²) in [7, 11) is 0. The molecule has 4 rings (SSSR count). The number of hydrogen-bond acceptors (Lipinski definition) is 6. The number of anilines is 2. The van der Waals surface area contributed by atoms with Gasteiger partial charge in [-0.3, -0.25) is 9.78 Å². The first-order valence-corrected chi connectivity index (χ1v) is 9.33. The van der Waals surface area contributed by atoms with Crippen LogP contribution in [-0.2, 0) is 6.54 Å². The Balaban J connectivity index is 1.42. The Morgan fingerprint density at radius 2 is 1.97 bits per heavy atom. The van der Waals surface area contributed by atoms with Gasteiger partial charge in [-0.25, -0.2) is 0 Å². The van der Waals surface area contributed by atoms with Gasteiger partial charge in [-0.15, -0.1) is 0 Å². The van der Waals surface area contributed by atoms with Gasteiger partial charge in [0.25, 0.3) is 5.91 Å². The number of carbonyl (C=O) groups is 1. The van der Waals surface area contributed by atoms with Crippen molar-refractivity contribution in [2.75, 3.05) is 24.0 Å². The van der Waals surface area contributed by atoms with Gasteiger partial charge in [-0.2, -0.15) is 0 Å². The van der Waals surface area contributed by atoms with E-state index in [1.807, 2.05) is 43.3 Å². The van der Waals surface area contributed by atoms with E-state index in [1.54, 1.807) is 18.3 Å². The molecule has 7 nitrogen and oxygen atoms in total. The summed E-state index contributed by atoms with van der Waals surface area (Å²) in [6, 6.07) is 14.9. The number of benzene rings is 2. The van der Waals surface area contributed by atoms with Crippen molar-refractivity contribution in [3.8, 4) is 17.2 Å². The van der Waals surface area contributed by atoms with Crippen LogP contribution in [0.2, 0.25) is 0 Å². The fraction of sp³-hybridized carbons (Fsp3) is 0.182. The van der Waals surface area contributed by atoms with Gasteiger partial charge in [0.05, 0.1) is 23.5 Å². The second-order valence-corrected chi connectivity index (χ2v) is 6.39. The van der Waals surface area contributed by atoms with Crippen LogP contribution in [0.15, 0.2) is 60.9 Å². The summed E-state index contributed by atoms with van der Waals surface area (Å²) in [4.78, 5) is 16.8. The minimum Gasteiger partial charge on any atom is -0.492 e. The molecule has 1 amide bonds. The number of ether oxygens (including phenoxy) is 3. The van der Waals surface area contributed by atoms with E-state index in [0.29, 0.717) is 30.2 Å². The summed E-state index contributed by atoms with van der Waals surface area (Å²) >= 11 is 0. The van der Waals surface area contributed by atoms with E-state index in [9.17, 15) is 4.79 Å². The highest BCUT2D eigenvalue weighted by Crippen LogP contribution is 2.32. The summed E-state index contributed by atoms with van der Waals surface area (Å²) in [6.07, 6.45) is 3.21. The molecule has 3 aromatic rings. The lowest BCUT2D eigenvalue weighted by Crippen LogP contribution is -2.13. The molecule has 0 atom stereocenters. The Kier molecular flexibility index (Phi) is 5.47. The summed E-state index contributed by atoms with van der Waals surface area (Å²) < 4.78 is 16.3. The predicted molar refractivity (Wildman–Crippen MR) is 110 cm³/mol. The molecule has 0 spiro atoms. The highest BCUT2D eigenvalue weighted by molar-refractivity contribution is 6.05. The predicted octanol–water partition coefficient (Wildman–Crippen LogP) is 4.07. The normalized spacial score (nSPS) is 11.8. The molecule has 2 N–H and O–H groups in total. The number of pyridine rings is 1. The summed E-state index contributed by atoms with van der Waals surface area (Å²) in [5.74, 6) is 1.87. The summed E-state index contributed by atoms with van der Waals surface area (Å²) in [6.45, 7) is 3.24. The monoisotopic (exact) mass is 391 g/mol. The van der Waals surface area contributed by atoms with Crippen molar-refractivity contribution in [1.82, 2.24) is 4.98 Å². The highest BCUT2D eigenvalue weighted by atomic mass is 16.7. The highest BCUT2D eigenvalue weighted by Gasteiger charge is 2.14. The number of aromatic nitrogens is 1. The molecule has 0 saturated carbocycles. The maximum Gasteiger partial charge on any atom is 0.257 e. The van der Waals surface area contributed by atoms with Gasteiger partial charge in [-0.1, -0.05) is 18.2 Å². The van der Waals surface area contributed by atoms with E-state index in [2.05, 4.69) is 15.6 Å². The number of nitrogens with zero attached hydrogens (tertiary/aromatic N) is 1. The third-order valence-electron chi connectivity index (χ3n) is 4.37. The van der Waals surface area contributed by atoms with E-state index in [-0.39, 0.29) is 12.7 Å². The fourth-order valence-corrected chi connectivity index (χ4v) is 2.96. The molecule has 1 aliphatic heterocycles. The first kappa shape index (κ1) is 18.6. The molecule has 0 radical (unpaired) electrons. The Hall–Kier alpha value is -3.74. The number of carbonyl (C=O) groups excluding carboxylic acids is 1. The van der Waals surface area contributed by atoms with Gasteiger partial charge in [0.1, 0.15) is 5.75 Å². The number of fused-ring (bicyclic) bond motifs is 1. The van der Waals surface area contributed by atoms with Crippen molar-refractivity contribution in [2.24, 2.45) is 0 Å². The molecule has 1 aliphatic rings. The zero-order valence-electron chi connectivity index (χ0n) is 16.0. The first-order chi connectivity index (χ1) is 14.2. The van der Waals surface area contributed by atoms with E-state index in [4.69, 9.17) is 14.2 Å². The quantitative estimate of drug-likeness (QED) is 0.632. The lowest BCUT2D eigenvalue weighted by atomic mass is 10.2. The molecule has 0 bridgehead atoms. The van der Waals surface area contributed by atoms with Gasteiger partial charge in [0.2, 0.25) is 6.79 Å². The van der Waals surface area contributed by atoms with Crippen LogP contribution in [0.25, 0.3) is 0 Å². The van der Waals surface area contributed by atoms with Gasteiger partial charge in [0, 0.05) is 18.9 Å². The Labute approximate surface area is 168 Å². The van der Waals surface area contributed by atoms with Gasteiger partial charge >= 0.3 is 0 Å². The molecule has 2 heterocycles. The van der Waals surface area contributed by atoms with Crippen LogP contribution in [0, 0.1) is 0 Å². The molecular weight excluding hydrogens is 370 g/mol. The van der Waals surface area contributed by atoms with Crippen molar-refractivity contribution in [1.29, 1.82) is 0 Å². The van der Waals surface area contributed by atoms with Crippen LogP contribution in [0.1, 0.15) is 22.8 Å². The molecule has 1 aromatic heterocycles. The number of hydrogen-bond donors (Lipinski definition) is 2. The molecule has 7 heteroatoms. The standard InChI is InChI=1S/C22H21N3O4/c1-2-27-19-6-4-3-5-18(19)25-22(26)16-10-17(13-23-12-16)24-11-15-7-8-20-21(9-15)29-14-28-20/h3-10,12-13,24H,2,11,14H2,1H3,(H,25,26). The lowest BCUT2D eigenvalue weighted by Gasteiger charge is -2.12.